The number of oxazole rings is 1. The third-order valence-corrected chi connectivity index (χ3v) is 3.53. The minimum Gasteiger partial charge on any atom is -0.441 e. The van der Waals surface area contributed by atoms with Crippen molar-refractivity contribution in [1.82, 2.24) is 9.88 Å². The molecule has 1 aromatic heterocycles. The van der Waals surface area contributed by atoms with Crippen molar-refractivity contribution < 1.29 is 9.52 Å². The van der Waals surface area contributed by atoms with E-state index in [0.717, 1.165) is 43.1 Å². The number of benzene rings is 1. The SMILES string of the molecule is Cc1oc(-c2ccccc2)nc1CN1CC[C@H](O)C1. The molecule has 100 valence electrons. The standard InChI is InChI=1S/C15H18N2O2/c1-11-14(10-17-8-7-13(18)9-17)16-15(19-11)12-5-3-2-4-6-12/h2-6,13,18H,7-10H2,1H3/t13-/m0/s1. The number of aromatic nitrogens is 1. The highest BCUT2D eigenvalue weighted by Crippen LogP contribution is 2.23. The van der Waals surface area contributed by atoms with Gasteiger partial charge in [-0.05, 0) is 25.5 Å². The molecule has 2 aromatic rings. The van der Waals surface area contributed by atoms with E-state index in [1.165, 1.54) is 0 Å². The predicted molar refractivity (Wildman–Crippen MR) is 72.6 cm³/mol. The summed E-state index contributed by atoms with van der Waals surface area (Å²) in [7, 11) is 0. The molecule has 1 aromatic carbocycles. The second-order valence-electron chi connectivity index (χ2n) is 5.07. The molecule has 0 saturated carbocycles. The Balaban J connectivity index is 1.78. The van der Waals surface area contributed by atoms with Gasteiger partial charge < -0.3 is 9.52 Å². The molecular weight excluding hydrogens is 240 g/mol. The van der Waals surface area contributed by atoms with Gasteiger partial charge in [-0.15, -0.1) is 0 Å². The first-order valence-electron chi connectivity index (χ1n) is 6.64. The molecule has 3 rings (SSSR count). The van der Waals surface area contributed by atoms with Gasteiger partial charge in [0.15, 0.2) is 0 Å². The zero-order chi connectivity index (χ0) is 13.2. The Labute approximate surface area is 112 Å². The average Bonchev–Trinajstić information content (AvgIpc) is 2.98. The maximum atomic E-state index is 9.54. The molecule has 0 unspecified atom stereocenters. The lowest BCUT2D eigenvalue weighted by Gasteiger charge is -2.12. The van der Waals surface area contributed by atoms with Crippen molar-refractivity contribution in [1.29, 1.82) is 0 Å². The van der Waals surface area contributed by atoms with Gasteiger partial charge in [0.2, 0.25) is 5.89 Å². The van der Waals surface area contributed by atoms with Crippen molar-refractivity contribution in [2.45, 2.75) is 26.0 Å². The summed E-state index contributed by atoms with van der Waals surface area (Å²) in [5.74, 6) is 1.54. The van der Waals surface area contributed by atoms with E-state index in [0.29, 0.717) is 5.89 Å². The molecule has 1 N–H and O–H groups in total. The number of hydrogen-bond acceptors (Lipinski definition) is 4. The molecule has 0 spiro atoms. The van der Waals surface area contributed by atoms with Crippen molar-refractivity contribution >= 4 is 0 Å². The highest BCUT2D eigenvalue weighted by Gasteiger charge is 2.22. The van der Waals surface area contributed by atoms with Crippen LogP contribution in [0.3, 0.4) is 0 Å². The Hall–Kier alpha value is -1.65. The number of aliphatic hydroxyl groups excluding tert-OH is 1. The van der Waals surface area contributed by atoms with Gasteiger partial charge in [-0.1, -0.05) is 18.2 Å². The summed E-state index contributed by atoms with van der Waals surface area (Å²) in [4.78, 5) is 6.79. The first-order chi connectivity index (χ1) is 9.22. The summed E-state index contributed by atoms with van der Waals surface area (Å²) >= 11 is 0. The lowest BCUT2D eigenvalue weighted by molar-refractivity contribution is 0.174. The Kier molecular flexibility index (Phi) is 3.36. The minimum absolute atomic E-state index is 0.194. The molecule has 0 bridgehead atoms. The summed E-state index contributed by atoms with van der Waals surface area (Å²) in [5, 5.41) is 9.54. The second-order valence-corrected chi connectivity index (χ2v) is 5.07. The minimum atomic E-state index is -0.194. The lowest BCUT2D eigenvalue weighted by Crippen LogP contribution is -2.22. The van der Waals surface area contributed by atoms with Crippen LogP contribution in [-0.2, 0) is 6.54 Å². The van der Waals surface area contributed by atoms with Crippen molar-refractivity contribution in [3.8, 4) is 11.5 Å². The topological polar surface area (TPSA) is 49.5 Å². The molecule has 1 atom stereocenters. The maximum Gasteiger partial charge on any atom is 0.226 e. The molecule has 0 amide bonds. The van der Waals surface area contributed by atoms with Crippen LogP contribution in [0.5, 0.6) is 0 Å². The number of nitrogens with zero attached hydrogens (tertiary/aromatic N) is 2. The smallest absolute Gasteiger partial charge is 0.226 e. The molecule has 1 saturated heterocycles. The van der Waals surface area contributed by atoms with Crippen molar-refractivity contribution in [2.24, 2.45) is 0 Å². The zero-order valence-corrected chi connectivity index (χ0v) is 11.0. The zero-order valence-electron chi connectivity index (χ0n) is 11.0. The van der Waals surface area contributed by atoms with Gasteiger partial charge in [0.25, 0.3) is 0 Å². The van der Waals surface area contributed by atoms with Crippen LogP contribution in [0.25, 0.3) is 11.5 Å². The quantitative estimate of drug-likeness (QED) is 0.917. The molecule has 1 fully saturated rings. The van der Waals surface area contributed by atoms with Crippen molar-refractivity contribution in [3.05, 3.63) is 41.8 Å². The van der Waals surface area contributed by atoms with Crippen LogP contribution >= 0.6 is 0 Å². The Morgan fingerprint density at radius 2 is 2.16 bits per heavy atom. The Morgan fingerprint density at radius 1 is 1.37 bits per heavy atom. The highest BCUT2D eigenvalue weighted by molar-refractivity contribution is 5.53. The normalized spacial score (nSPS) is 20.0. The van der Waals surface area contributed by atoms with E-state index in [1.54, 1.807) is 0 Å². The van der Waals surface area contributed by atoms with Gasteiger partial charge in [0.1, 0.15) is 5.76 Å². The van der Waals surface area contributed by atoms with Crippen molar-refractivity contribution in [2.75, 3.05) is 13.1 Å². The average molecular weight is 258 g/mol. The fraction of sp³-hybridized carbons (Fsp3) is 0.400. The first kappa shape index (κ1) is 12.4. The number of rotatable bonds is 3. The predicted octanol–water partition coefficient (Wildman–Crippen LogP) is 2.22. The number of aliphatic hydroxyl groups is 1. The monoisotopic (exact) mass is 258 g/mol. The van der Waals surface area contributed by atoms with E-state index >= 15 is 0 Å². The molecular formula is C15H18N2O2. The van der Waals surface area contributed by atoms with Gasteiger partial charge in [-0.3, -0.25) is 4.90 Å². The van der Waals surface area contributed by atoms with Gasteiger partial charge in [-0.25, -0.2) is 4.98 Å². The van der Waals surface area contributed by atoms with E-state index in [9.17, 15) is 5.11 Å². The fourth-order valence-corrected chi connectivity index (χ4v) is 2.45. The van der Waals surface area contributed by atoms with Gasteiger partial charge in [-0.2, -0.15) is 0 Å². The van der Waals surface area contributed by atoms with E-state index in [2.05, 4.69) is 9.88 Å². The Morgan fingerprint density at radius 3 is 2.84 bits per heavy atom. The molecule has 4 heteroatoms. The molecule has 1 aliphatic rings. The number of hydrogen-bond donors (Lipinski definition) is 1. The summed E-state index contributed by atoms with van der Waals surface area (Å²) in [6.07, 6.45) is 0.656. The van der Waals surface area contributed by atoms with Crippen LogP contribution < -0.4 is 0 Å². The summed E-state index contributed by atoms with van der Waals surface area (Å²) in [5.41, 5.74) is 1.96. The van der Waals surface area contributed by atoms with Crippen molar-refractivity contribution in [3.63, 3.8) is 0 Å². The van der Waals surface area contributed by atoms with E-state index < -0.39 is 0 Å². The van der Waals surface area contributed by atoms with Gasteiger partial charge in [0, 0.05) is 25.2 Å². The molecule has 1 aliphatic heterocycles. The van der Waals surface area contributed by atoms with E-state index in [-0.39, 0.29) is 6.10 Å². The Bertz CT molecular complexity index is 551. The fourth-order valence-electron chi connectivity index (χ4n) is 2.45. The first-order valence-corrected chi connectivity index (χ1v) is 6.64. The molecule has 19 heavy (non-hydrogen) atoms. The highest BCUT2D eigenvalue weighted by atomic mass is 16.4. The number of β-amino-alcohol motifs (C(OH)–C–C–N with tert-alkyl or cyclic N) is 1. The molecule has 0 aliphatic carbocycles. The van der Waals surface area contributed by atoms with Crippen LogP contribution in [0.15, 0.2) is 34.7 Å². The number of likely N-dealkylation sites (tertiary alicyclic amines) is 1. The lowest BCUT2D eigenvalue weighted by atomic mass is 10.2. The summed E-state index contributed by atoms with van der Waals surface area (Å²) < 4.78 is 5.74. The third kappa shape index (κ3) is 2.69. The largest absolute Gasteiger partial charge is 0.441 e. The second kappa shape index (κ2) is 5.15. The maximum absolute atomic E-state index is 9.54. The molecule has 0 radical (unpaired) electrons. The van der Waals surface area contributed by atoms with Crippen LogP contribution in [0.1, 0.15) is 17.9 Å². The summed E-state index contributed by atoms with van der Waals surface area (Å²) in [6.45, 7) is 4.35. The summed E-state index contributed by atoms with van der Waals surface area (Å²) in [6, 6.07) is 9.92. The van der Waals surface area contributed by atoms with Crippen LogP contribution in [-0.4, -0.2) is 34.2 Å². The molecule has 4 nitrogen and oxygen atoms in total. The molecule has 2 heterocycles. The van der Waals surface area contributed by atoms with Gasteiger partial charge in [0.05, 0.1) is 11.8 Å². The third-order valence-electron chi connectivity index (χ3n) is 3.53. The van der Waals surface area contributed by atoms with E-state index in [4.69, 9.17) is 4.42 Å². The van der Waals surface area contributed by atoms with E-state index in [1.807, 2.05) is 37.3 Å². The van der Waals surface area contributed by atoms with Crippen LogP contribution in [0.4, 0.5) is 0 Å². The van der Waals surface area contributed by atoms with Crippen LogP contribution in [0, 0.1) is 6.92 Å². The number of aryl methyl sites for hydroxylation is 1. The van der Waals surface area contributed by atoms with Crippen LogP contribution in [0.2, 0.25) is 0 Å². The van der Waals surface area contributed by atoms with Gasteiger partial charge >= 0.3 is 0 Å².